The highest BCUT2D eigenvalue weighted by Crippen LogP contribution is 2.36. The van der Waals surface area contributed by atoms with E-state index in [1.807, 2.05) is 54.6 Å². The van der Waals surface area contributed by atoms with Crippen molar-refractivity contribution >= 4 is 0 Å². The molecule has 0 amide bonds. The summed E-state index contributed by atoms with van der Waals surface area (Å²) in [6.07, 6.45) is -3.99. The van der Waals surface area contributed by atoms with E-state index in [9.17, 15) is 10.2 Å². The quantitative estimate of drug-likeness (QED) is 0.762. The van der Waals surface area contributed by atoms with Gasteiger partial charge in [-0.2, -0.15) is 0 Å². The van der Waals surface area contributed by atoms with Gasteiger partial charge in [-0.25, -0.2) is 0 Å². The lowest BCUT2D eigenvalue weighted by molar-refractivity contribution is -0.337. The van der Waals surface area contributed by atoms with E-state index in [1.54, 1.807) is 7.11 Å². The maximum Gasteiger partial charge on any atom is 0.184 e. The second-order valence-corrected chi connectivity index (χ2v) is 7.19. The number of benzene rings is 2. The molecule has 0 bridgehead atoms. The minimum Gasteiger partial charge on any atom is -0.497 e. The third kappa shape index (κ3) is 4.45. The molecule has 2 aliphatic heterocycles. The molecule has 0 aromatic heterocycles. The van der Waals surface area contributed by atoms with Gasteiger partial charge in [0.05, 0.1) is 26.9 Å². The zero-order valence-electron chi connectivity index (χ0n) is 16.2. The monoisotopic (exact) mass is 402 g/mol. The van der Waals surface area contributed by atoms with Crippen molar-refractivity contribution in [3.05, 3.63) is 65.7 Å². The minimum atomic E-state index is -1.01. The second kappa shape index (κ2) is 9.21. The Hall–Kier alpha value is -2.00. The summed E-state index contributed by atoms with van der Waals surface area (Å²) in [5.74, 6) is 0.744. The summed E-state index contributed by atoms with van der Waals surface area (Å²) in [7, 11) is 1.61. The van der Waals surface area contributed by atoms with Crippen LogP contribution in [0.1, 0.15) is 17.4 Å². The molecule has 2 aromatic carbocycles. The number of ether oxygens (including phenoxy) is 5. The third-order valence-corrected chi connectivity index (χ3v) is 5.30. The standard InChI is InChI=1S/C22H26O7/c1-25-16-9-7-15(8-10-16)22-27-13-18-20(29-22)21(19(24)17(11-23)28-18)26-12-14-5-3-2-4-6-14/h2-10,17-24H,11-13H2,1H3/t17-,18+,19-,20+,21+,22?/m0/s1. The molecule has 7 heteroatoms. The maximum absolute atomic E-state index is 10.7. The Kier molecular flexibility index (Phi) is 6.44. The van der Waals surface area contributed by atoms with Crippen molar-refractivity contribution in [1.29, 1.82) is 0 Å². The van der Waals surface area contributed by atoms with Crippen molar-refractivity contribution in [2.75, 3.05) is 20.3 Å². The van der Waals surface area contributed by atoms with E-state index in [-0.39, 0.29) is 13.2 Å². The topological polar surface area (TPSA) is 86.6 Å². The van der Waals surface area contributed by atoms with Gasteiger partial charge in [0.1, 0.15) is 36.3 Å². The van der Waals surface area contributed by atoms with Gasteiger partial charge in [-0.15, -0.1) is 0 Å². The molecule has 4 rings (SSSR count). The molecule has 29 heavy (non-hydrogen) atoms. The highest BCUT2D eigenvalue weighted by Gasteiger charge is 2.49. The van der Waals surface area contributed by atoms with E-state index in [0.29, 0.717) is 6.61 Å². The Morgan fingerprint density at radius 3 is 2.48 bits per heavy atom. The first-order chi connectivity index (χ1) is 14.2. The lowest BCUT2D eigenvalue weighted by atomic mass is 9.94. The Balaban J connectivity index is 1.50. The zero-order chi connectivity index (χ0) is 20.2. The molecule has 2 saturated heterocycles. The summed E-state index contributed by atoms with van der Waals surface area (Å²) in [5.41, 5.74) is 1.83. The number of hydrogen-bond donors (Lipinski definition) is 2. The van der Waals surface area contributed by atoms with Gasteiger partial charge in [0.2, 0.25) is 0 Å². The van der Waals surface area contributed by atoms with Crippen molar-refractivity contribution in [1.82, 2.24) is 0 Å². The van der Waals surface area contributed by atoms with Crippen molar-refractivity contribution in [3.8, 4) is 5.75 Å². The number of fused-ring (bicyclic) bond motifs is 1. The van der Waals surface area contributed by atoms with Crippen LogP contribution in [-0.4, -0.2) is 61.1 Å². The van der Waals surface area contributed by atoms with Crippen LogP contribution >= 0.6 is 0 Å². The van der Waals surface area contributed by atoms with Crippen molar-refractivity contribution in [3.63, 3.8) is 0 Å². The predicted octanol–water partition coefficient (Wildman–Crippen LogP) is 1.82. The highest BCUT2D eigenvalue weighted by atomic mass is 16.7. The zero-order valence-corrected chi connectivity index (χ0v) is 16.2. The van der Waals surface area contributed by atoms with Gasteiger partial charge in [0, 0.05) is 5.56 Å². The summed E-state index contributed by atoms with van der Waals surface area (Å²) in [5, 5.41) is 20.3. The van der Waals surface area contributed by atoms with Crippen LogP contribution in [0.15, 0.2) is 54.6 Å². The van der Waals surface area contributed by atoms with Gasteiger partial charge >= 0.3 is 0 Å². The fraction of sp³-hybridized carbons (Fsp3) is 0.455. The normalized spacial score (nSPS) is 31.8. The molecule has 1 unspecified atom stereocenters. The van der Waals surface area contributed by atoms with Crippen molar-refractivity contribution < 1.29 is 33.9 Å². The lowest BCUT2D eigenvalue weighted by Gasteiger charge is -2.47. The van der Waals surface area contributed by atoms with Crippen molar-refractivity contribution in [2.24, 2.45) is 0 Å². The Labute approximate surface area is 169 Å². The number of rotatable bonds is 6. The van der Waals surface area contributed by atoms with Gasteiger partial charge in [0.15, 0.2) is 6.29 Å². The highest BCUT2D eigenvalue weighted by molar-refractivity contribution is 5.28. The van der Waals surface area contributed by atoms with E-state index in [0.717, 1.165) is 16.9 Å². The number of aliphatic hydroxyl groups excluding tert-OH is 2. The Morgan fingerprint density at radius 2 is 1.79 bits per heavy atom. The van der Waals surface area contributed by atoms with E-state index in [1.165, 1.54) is 0 Å². The van der Waals surface area contributed by atoms with Crippen LogP contribution in [0, 0.1) is 0 Å². The van der Waals surface area contributed by atoms with Crippen LogP contribution in [0.2, 0.25) is 0 Å². The van der Waals surface area contributed by atoms with E-state index in [4.69, 9.17) is 23.7 Å². The van der Waals surface area contributed by atoms with Gasteiger partial charge in [-0.3, -0.25) is 0 Å². The molecule has 2 N–H and O–H groups in total. The van der Waals surface area contributed by atoms with Crippen LogP contribution in [-0.2, 0) is 25.6 Å². The molecule has 2 fully saturated rings. The molecule has 0 radical (unpaired) electrons. The predicted molar refractivity (Wildman–Crippen MR) is 103 cm³/mol. The molecule has 6 atom stereocenters. The largest absolute Gasteiger partial charge is 0.497 e. The first-order valence-electron chi connectivity index (χ1n) is 9.70. The summed E-state index contributed by atoms with van der Waals surface area (Å²) < 4.78 is 29.1. The summed E-state index contributed by atoms with van der Waals surface area (Å²) in [6.45, 7) is 0.286. The average molecular weight is 402 g/mol. The number of aliphatic hydroxyl groups is 2. The van der Waals surface area contributed by atoms with Crippen LogP contribution in [0.3, 0.4) is 0 Å². The second-order valence-electron chi connectivity index (χ2n) is 7.19. The van der Waals surface area contributed by atoms with E-state index in [2.05, 4.69) is 0 Å². The van der Waals surface area contributed by atoms with Gasteiger partial charge in [-0.05, 0) is 17.7 Å². The van der Waals surface area contributed by atoms with Crippen molar-refractivity contribution in [2.45, 2.75) is 43.4 Å². The van der Waals surface area contributed by atoms with Crippen LogP contribution < -0.4 is 4.74 Å². The Bertz CT molecular complexity index is 766. The average Bonchev–Trinajstić information content (AvgIpc) is 2.78. The maximum atomic E-state index is 10.7. The summed E-state index contributed by atoms with van der Waals surface area (Å²) in [4.78, 5) is 0. The molecular weight excluding hydrogens is 376 g/mol. The number of hydrogen-bond acceptors (Lipinski definition) is 7. The first-order valence-corrected chi connectivity index (χ1v) is 9.70. The fourth-order valence-corrected chi connectivity index (χ4v) is 3.71. The molecule has 2 aromatic rings. The molecule has 2 aliphatic rings. The first kappa shape index (κ1) is 20.3. The van der Waals surface area contributed by atoms with Crippen LogP contribution in [0.5, 0.6) is 5.75 Å². The molecule has 2 heterocycles. The van der Waals surface area contributed by atoms with Gasteiger partial charge in [-0.1, -0.05) is 42.5 Å². The van der Waals surface area contributed by atoms with Gasteiger partial charge < -0.3 is 33.9 Å². The fourth-order valence-electron chi connectivity index (χ4n) is 3.71. The molecule has 0 aliphatic carbocycles. The molecule has 156 valence electrons. The third-order valence-electron chi connectivity index (χ3n) is 5.30. The SMILES string of the molecule is COc1ccc(C2OC[C@H]3O[C@@H](CO)[C@H](O)[C@@H](OCc4ccccc4)[C@@H]3O2)cc1. The minimum absolute atomic E-state index is 0.274. The molecule has 7 nitrogen and oxygen atoms in total. The van der Waals surface area contributed by atoms with Gasteiger partial charge in [0.25, 0.3) is 0 Å². The molecule has 0 spiro atoms. The Morgan fingerprint density at radius 1 is 1.03 bits per heavy atom. The number of methoxy groups -OCH3 is 1. The molecular formula is C22H26O7. The van der Waals surface area contributed by atoms with E-state index < -0.39 is 36.8 Å². The van der Waals surface area contributed by atoms with Crippen LogP contribution in [0.4, 0.5) is 0 Å². The summed E-state index contributed by atoms with van der Waals surface area (Å²) in [6, 6.07) is 17.1. The van der Waals surface area contributed by atoms with E-state index >= 15 is 0 Å². The summed E-state index contributed by atoms with van der Waals surface area (Å²) >= 11 is 0. The smallest absolute Gasteiger partial charge is 0.184 e. The lowest BCUT2D eigenvalue weighted by Crippen LogP contribution is -2.63. The molecule has 0 saturated carbocycles. The van der Waals surface area contributed by atoms with Crippen LogP contribution in [0.25, 0.3) is 0 Å².